The third-order valence-electron chi connectivity index (χ3n) is 4.25. The van der Waals surface area contributed by atoms with Gasteiger partial charge in [-0.05, 0) is 39.2 Å². The smallest absolute Gasteiger partial charge is 0.399 e. The van der Waals surface area contributed by atoms with Gasteiger partial charge in [0.25, 0.3) is 0 Å². The van der Waals surface area contributed by atoms with E-state index in [1.807, 2.05) is 41.5 Å². The van der Waals surface area contributed by atoms with Gasteiger partial charge in [0, 0.05) is 11.5 Å². The Kier molecular flexibility index (Phi) is 3.72. The summed E-state index contributed by atoms with van der Waals surface area (Å²) in [5.74, 6) is -1.19. The predicted octanol–water partition coefficient (Wildman–Crippen LogP) is 3.39. The highest BCUT2D eigenvalue weighted by Crippen LogP contribution is 2.36. The minimum Gasteiger partial charge on any atom is -0.399 e. The van der Waals surface area contributed by atoms with Crippen LogP contribution >= 0.6 is 0 Å². The van der Waals surface area contributed by atoms with Gasteiger partial charge in [-0.3, -0.25) is 0 Å². The zero-order chi connectivity index (χ0) is 15.3. The Morgan fingerprint density at radius 3 is 1.90 bits per heavy atom. The molecule has 0 spiro atoms. The Morgan fingerprint density at radius 1 is 0.950 bits per heavy atom. The monoisotopic (exact) mass is 282 g/mol. The lowest BCUT2D eigenvalue weighted by molar-refractivity contribution is 0.00578. The van der Waals surface area contributed by atoms with Gasteiger partial charge >= 0.3 is 7.12 Å². The van der Waals surface area contributed by atoms with Crippen LogP contribution in [0, 0.1) is 11.6 Å². The summed E-state index contributed by atoms with van der Waals surface area (Å²) in [6, 6.07) is 2.42. The molecule has 2 nitrogen and oxygen atoms in total. The minimum atomic E-state index is -0.807. The van der Waals surface area contributed by atoms with Crippen LogP contribution in [-0.2, 0) is 9.31 Å². The first-order valence-electron chi connectivity index (χ1n) is 6.89. The lowest BCUT2D eigenvalue weighted by Crippen LogP contribution is -2.41. The average Bonchev–Trinajstić information content (AvgIpc) is 2.47. The van der Waals surface area contributed by atoms with Gasteiger partial charge in [0.1, 0.15) is 11.6 Å². The molecule has 1 saturated heterocycles. The van der Waals surface area contributed by atoms with E-state index in [4.69, 9.17) is 9.31 Å². The maximum atomic E-state index is 14.0. The van der Waals surface area contributed by atoms with Crippen LogP contribution in [0.4, 0.5) is 8.78 Å². The first-order chi connectivity index (χ1) is 9.05. The van der Waals surface area contributed by atoms with Crippen molar-refractivity contribution in [3.05, 3.63) is 29.3 Å². The molecule has 5 heteroatoms. The van der Waals surface area contributed by atoms with Crippen LogP contribution in [-0.4, -0.2) is 18.3 Å². The fraction of sp³-hybridized carbons (Fsp3) is 0.600. The molecule has 1 aromatic carbocycles. The van der Waals surface area contributed by atoms with Gasteiger partial charge in [-0.15, -0.1) is 0 Å². The van der Waals surface area contributed by atoms with Crippen molar-refractivity contribution in [2.45, 2.75) is 58.7 Å². The van der Waals surface area contributed by atoms with Crippen LogP contribution in [0.25, 0.3) is 0 Å². The van der Waals surface area contributed by atoms with Gasteiger partial charge in [-0.1, -0.05) is 19.9 Å². The maximum Gasteiger partial charge on any atom is 0.497 e. The molecule has 1 heterocycles. The second kappa shape index (κ2) is 4.81. The van der Waals surface area contributed by atoms with E-state index in [2.05, 4.69) is 0 Å². The van der Waals surface area contributed by atoms with Crippen LogP contribution in [0.15, 0.2) is 12.1 Å². The van der Waals surface area contributed by atoms with Gasteiger partial charge in [0.15, 0.2) is 0 Å². The molecule has 110 valence electrons. The van der Waals surface area contributed by atoms with Crippen LogP contribution in [0.3, 0.4) is 0 Å². The number of hydrogen-bond acceptors (Lipinski definition) is 2. The highest BCUT2D eigenvalue weighted by Gasteiger charge is 2.52. The lowest BCUT2D eigenvalue weighted by Gasteiger charge is -2.32. The fourth-order valence-electron chi connectivity index (χ4n) is 2.18. The lowest BCUT2D eigenvalue weighted by atomic mass is 9.77. The summed E-state index contributed by atoms with van der Waals surface area (Å²) in [5.41, 5.74) is -0.364. The molecule has 0 atom stereocenters. The van der Waals surface area contributed by atoms with E-state index in [0.29, 0.717) is 5.56 Å². The molecule has 0 aromatic heterocycles. The van der Waals surface area contributed by atoms with E-state index in [1.54, 1.807) is 0 Å². The Morgan fingerprint density at radius 2 is 1.45 bits per heavy atom. The third kappa shape index (κ3) is 2.49. The van der Waals surface area contributed by atoms with Crippen LogP contribution in [0.2, 0.25) is 0 Å². The van der Waals surface area contributed by atoms with Crippen molar-refractivity contribution in [3.63, 3.8) is 0 Å². The van der Waals surface area contributed by atoms with E-state index < -0.39 is 30.0 Å². The first kappa shape index (κ1) is 15.5. The standard InChI is InChI=1S/C15H21BF2O2/c1-9(2)10-7-11(13(18)8-12(10)17)16-19-14(3,4)15(5,6)20-16/h7-9H,1-6H3. The van der Waals surface area contributed by atoms with Crippen molar-refractivity contribution in [1.29, 1.82) is 0 Å². The zero-order valence-electron chi connectivity index (χ0n) is 12.9. The number of rotatable bonds is 2. The number of hydrogen-bond donors (Lipinski definition) is 0. The van der Waals surface area contributed by atoms with Gasteiger partial charge < -0.3 is 9.31 Å². The highest BCUT2D eigenvalue weighted by molar-refractivity contribution is 6.62. The van der Waals surface area contributed by atoms with Gasteiger partial charge in [-0.2, -0.15) is 0 Å². The van der Waals surface area contributed by atoms with E-state index in [-0.39, 0.29) is 11.4 Å². The SMILES string of the molecule is CC(C)c1cc(B2OC(C)(C)C(C)(C)O2)c(F)cc1F. The molecule has 20 heavy (non-hydrogen) atoms. The summed E-state index contributed by atoms with van der Waals surface area (Å²) in [7, 11) is -0.807. The Labute approximate surface area is 119 Å². The summed E-state index contributed by atoms with van der Waals surface area (Å²) in [6.45, 7) is 11.3. The molecule has 0 aliphatic carbocycles. The zero-order valence-corrected chi connectivity index (χ0v) is 12.9. The van der Waals surface area contributed by atoms with Crippen molar-refractivity contribution < 1.29 is 18.1 Å². The van der Waals surface area contributed by atoms with E-state index in [9.17, 15) is 8.78 Å². The molecular formula is C15H21BF2O2. The second-order valence-corrected chi connectivity index (χ2v) is 6.64. The summed E-state index contributed by atoms with van der Waals surface area (Å²) in [5, 5.41) is 0. The average molecular weight is 282 g/mol. The Hall–Kier alpha value is -0.935. The van der Waals surface area contributed by atoms with E-state index >= 15 is 0 Å². The molecular weight excluding hydrogens is 261 g/mol. The summed E-state index contributed by atoms with van der Waals surface area (Å²) >= 11 is 0. The van der Waals surface area contributed by atoms with Crippen LogP contribution in [0.5, 0.6) is 0 Å². The van der Waals surface area contributed by atoms with Crippen LogP contribution < -0.4 is 5.46 Å². The van der Waals surface area contributed by atoms with Crippen molar-refractivity contribution >= 4 is 12.6 Å². The van der Waals surface area contributed by atoms with Gasteiger partial charge in [0.2, 0.25) is 0 Å². The largest absolute Gasteiger partial charge is 0.497 e. The van der Waals surface area contributed by atoms with E-state index in [0.717, 1.165) is 6.07 Å². The normalized spacial score (nSPS) is 20.8. The van der Waals surface area contributed by atoms with Crippen LogP contribution in [0.1, 0.15) is 53.0 Å². The molecule has 1 aliphatic rings. The molecule has 2 rings (SSSR count). The van der Waals surface area contributed by atoms with Crippen molar-refractivity contribution in [1.82, 2.24) is 0 Å². The molecule has 1 aromatic rings. The summed E-state index contributed by atoms with van der Waals surface area (Å²) in [4.78, 5) is 0. The number of halogens is 2. The molecule has 1 fully saturated rings. The number of benzene rings is 1. The topological polar surface area (TPSA) is 18.5 Å². The second-order valence-electron chi connectivity index (χ2n) is 6.64. The minimum absolute atomic E-state index is 0.0308. The van der Waals surface area contributed by atoms with Crippen molar-refractivity contribution in [2.24, 2.45) is 0 Å². The quantitative estimate of drug-likeness (QED) is 0.774. The summed E-state index contributed by atoms with van der Waals surface area (Å²) < 4.78 is 39.4. The molecule has 0 radical (unpaired) electrons. The highest BCUT2D eigenvalue weighted by atomic mass is 19.1. The van der Waals surface area contributed by atoms with Gasteiger partial charge in [0.05, 0.1) is 11.2 Å². The third-order valence-corrected chi connectivity index (χ3v) is 4.25. The fourth-order valence-corrected chi connectivity index (χ4v) is 2.18. The molecule has 0 N–H and O–H groups in total. The Bertz CT molecular complexity index is 511. The van der Waals surface area contributed by atoms with E-state index in [1.165, 1.54) is 6.07 Å². The Balaban J connectivity index is 2.42. The maximum absolute atomic E-state index is 14.0. The summed E-state index contributed by atoms with van der Waals surface area (Å²) in [6.07, 6.45) is 0. The molecule has 0 saturated carbocycles. The molecule has 1 aliphatic heterocycles. The first-order valence-corrected chi connectivity index (χ1v) is 6.89. The predicted molar refractivity (Wildman–Crippen MR) is 76.2 cm³/mol. The molecule has 0 amide bonds. The molecule has 0 unspecified atom stereocenters. The molecule has 0 bridgehead atoms. The van der Waals surface area contributed by atoms with Gasteiger partial charge in [-0.25, -0.2) is 8.78 Å². The van der Waals surface area contributed by atoms with Crippen molar-refractivity contribution in [2.75, 3.05) is 0 Å². The van der Waals surface area contributed by atoms with Crippen molar-refractivity contribution in [3.8, 4) is 0 Å².